The lowest BCUT2D eigenvalue weighted by molar-refractivity contribution is 1.06. The van der Waals surface area contributed by atoms with Crippen LogP contribution in [0.2, 0.25) is 0 Å². The van der Waals surface area contributed by atoms with Crippen molar-refractivity contribution >= 4 is 11.4 Å². The Morgan fingerprint density at radius 1 is 0.667 bits per heavy atom. The van der Waals surface area contributed by atoms with Gasteiger partial charge in [-0.25, -0.2) is 4.98 Å². The van der Waals surface area contributed by atoms with E-state index in [9.17, 15) is 0 Å². The summed E-state index contributed by atoms with van der Waals surface area (Å²) in [5.74, 6) is 0. The number of hydrogen-bond donors (Lipinski definition) is 1. The summed E-state index contributed by atoms with van der Waals surface area (Å²) in [7, 11) is 0. The first-order valence-corrected chi connectivity index (χ1v) is 7.89. The molecule has 0 radical (unpaired) electrons. The van der Waals surface area contributed by atoms with Gasteiger partial charge >= 0.3 is 0 Å². The van der Waals surface area contributed by atoms with Crippen LogP contribution in [0.1, 0.15) is 0 Å². The third-order valence-electron chi connectivity index (χ3n) is 3.95. The van der Waals surface area contributed by atoms with Crippen LogP contribution in [-0.4, -0.2) is 9.55 Å². The molecule has 1 aromatic heterocycles. The summed E-state index contributed by atoms with van der Waals surface area (Å²) in [6.07, 6.45) is 5.51. The van der Waals surface area contributed by atoms with E-state index in [1.54, 1.807) is 12.5 Å². The molecule has 0 aliphatic rings. The summed E-state index contributed by atoms with van der Waals surface area (Å²) in [6.45, 7) is 0. The van der Waals surface area contributed by atoms with Gasteiger partial charge in [0.15, 0.2) is 0 Å². The van der Waals surface area contributed by atoms with Crippen LogP contribution < -0.4 is 5.32 Å². The summed E-state index contributed by atoms with van der Waals surface area (Å²) in [6, 6.07) is 27.2. The third-order valence-corrected chi connectivity index (χ3v) is 3.95. The van der Waals surface area contributed by atoms with Crippen molar-refractivity contribution in [2.75, 3.05) is 5.32 Å². The number of benzene rings is 3. The molecule has 3 aromatic carbocycles. The van der Waals surface area contributed by atoms with Crippen molar-refractivity contribution in [2.45, 2.75) is 0 Å². The second kappa shape index (κ2) is 6.42. The minimum atomic E-state index is 1.06. The van der Waals surface area contributed by atoms with Gasteiger partial charge in [-0.05, 0) is 47.5 Å². The lowest BCUT2D eigenvalue weighted by Crippen LogP contribution is -1.93. The molecule has 0 saturated heterocycles. The van der Waals surface area contributed by atoms with E-state index in [4.69, 9.17) is 0 Å². The molecule has 0 aliphatic heterocycles. The first-order valence-electron chi connectivity index (χ1n) is 7.89. The summed E-state index contributed by atoms with van der Waals surface area (Å²) >= 11 is 0. The second-order valence-corrected chi connectivity index (χ2v) is 5.59. The first-order chi connectivity index (χ1) is 11.9. The molecule has 1 N–H and O–H groups in total. The van der Waals surface area contributed by atoms with Gasteiger partial charge in [0.2, 0.25) is 0 Å². The summed E-state index contributed by atoms with van der Waals surface area (Å²) < 4.78 is 1.98. The maximum absolute atomic E-state index is 4.07. The lowest BCUT2D eigenvalue weighted by atomic mass is 10.1. The highest BCUT2D eigenvalue weighted by Gasteiger charge is 1.99. The van der Waals surface area contributed by atoms with Gasteiger partial charge in [0.25, 0.3) is 0 Å². The molecule has 1 heterocycles. The average Bonchev–Trinajstić information content (AvgIpc) is 3.18. The third kappa shape index (κ3) is 3.06. The van der Waals surface area contributed by atoms with Crippen molar-refractivity contribution in [2.24, 2.45) is 0 Å². The maximum atomic E-state index is 4.07. The minimum Gasteiger partial charge on any atom is -0.356 e. The van der Waals surface area contributed by atoms with Gasteiger partial charge in [-0.15, -0.1) is 0 Å². The van der Waals surface area contributed by atoms with Crippen LogP contribution in [0.4, 0.5) is 11.4 Å². The molecule has 116 valence electrons. The van der Waals surface area contributed by atoms with Gasteiger partial charge in [-0.3, -0.25) is 0 Å². The SMILES string of the molecule is c1ccc(-c2ccc(Nc3ccc(-n4ccnc4)cc3)cc2)cc1. The van der Waals surface area contributed by atoms with Crippen LogP contribution in [0.5, 0.6) is 0 Å². The summed E-state index contributed by atoms with van der Waals surface area (Å²) in [5, 5.41) is 3.43. The predicted octanol–water partition coefficient (Wildman–Crippen LogP) is 5.28. The summed E-state index contributed by atoms with van der Waals surface area (Å²) in [5.41, 5.74) is 5.68. The van der Waals surface area contributed by atoms with Crippen molar-refractivity contribution in [3.63, 3.8) is 0 Å². The number of nitrogens with one attached hydrogen (secondary N) is 1. The van der Waals surface area contributed by atoms with E-state index < -0.39 is 0 Å². The van der Waals surface area contributed by atoms with Crippen LogP contribution in [0, 0.1) is 0 Å². The zero-order valence-corrected chi connectivity index (χ0v) is 13.1. The zero-order valence-electron chi connectivity index (χ0n) is 13.1. The van der Waals surface area contributed by atoms with Crippen molar-refractivity contribution in [3.05, 3.63) is 97.6 Å². The zero-order chi connectivity index (χ0) is 16.2. The van der Waals surface area contributed by atoms with Gasteiger partial charge < -0.3 is 9.88 Å². The number of nitrogens with zero attached hydrogens (tertiary/aromatic N) is 2. The Labute approximate surface area is 141 Å². The van der Waals surface area contributed by atoms with Crippen LogP contribution >= 0.6 is 0 Å². The quantitative estimate of drug-likeness (QED) is 0.555. The predicted molar refractivity (Wildman–Crippen MR) is 98.7 cm³/mol. The van der Waals surface area contributed by atoms with Crippen LogP contribution in [-0.2, 0) is 0 Å². The molecular weight excluding hydrogens is 294 g/mol. The molecule has 0 spiro atoms. The van der Waals surface area contributed by atoms with Gasteiger partial charge in [0.1, 0.15) is 0 Å². The molecule has 0 saturated carbocycles. The van der Waals surface area contributed by atoms with E-state index in [1.807, 2.05) is 16.8 Å². The van der Waals surface area contributed by atoms with Gasteiger partial charge in [0, 0.05) is 29.5 Å². The van der Waals surface area contributed by atoms with Gasteiger partial charge in [0.05, 0.1) is 6.33 Å². The number of imidazole rings is 1. The van der Waals surface area contributed by atoms with E-state index in [0.717, 1.165) is 17.1 Å². The fourth-order valence-electron chi connectivity index (χ4n) is 2.67. The Bertz CT molecular complexity index is 894. The molecule has 0 aliphatic carbocycles. The fraction of sp³-hybridized carbons (Fsp3) is 0. The molecule has 0 fully saturated rings. The highest BCUT2D eigenvalue weighted by molar-refractivity contribution is 5.68. The Kier molecular flexibility index (Phi) is 3.82. The van der Waals surface area contributed by atoms with E-state index in [1.165, 1.54) is 11.1 Å². The lowest BCUT2D eigenvalue weighted by Gasteiger charge is -2.09. The van der Waals surface area contributed by atoms with Crippen molar-refractivity contribution in [3.8, 4) is 16.8 Å². The van der Waals surface area contributed by atoms with E-state index in [2.05, 4.69) is 83.1 Å². The van der Waals surface area contributed by atoms with Crippen LogP contribution in [0.25, 0.3) is 16.8 Å². The minimum absolute atomic E-state index is 1.06. The molecule has 0 unspecified atom stereocenters. The number of anilines is 2. The van der Waals surface area contributed by atoms with Crippen molar-refractivity contribution < 1.29 is 0 Å². The molecular formula is C21H17N3. The van der Waals surface area contributed by atoms with Crippen LogP contribution in [0.15, 0.2) is 97.6 Å². The molecule has 24 heavy (non-hydrogen) atoms. The second-order valence-electron chi connectivity index (χ2n) is 5.59. The normalized spacial score (nSPS) is 10.5. The molecule has 0 bridgehead atoms. The van der Waals surface area contributed by atoms with Gasteiger partial charge in [-0.2, -0.15) is 0 Å². The average molecular weight is 311 g/mol. The molecule has 4 aromatic rings. The highest BCUT2D eigenvalue weighted by atomic mass is 15.0. The number of aromatic nitrogens is 2. The Hall–Kier alpha value is -3.33. The fourth-order valence-corrected chi connectivity index (χ4v) is 2.67. The van der Waals surface area contributed by atoms with Crippen molar-refractivity contribution in [1.29, 1.82) is 0 Å². The number of rotatable bonds is 4. The smallest absolute Gasteiger partial charge is 0.0991 e. The van der Waals surface area contributed by atoms with Crippen LogP contribution in [0.3, 0.4) is 0 Å². The maximum Gasteiger partial charge on any atom is 0.0991 e. The molecule has 3 heteroatoms. The molecule has 3 nitrogen and oxygen atoms in total. The Morgan fingerprint density at radius 3 is 1.92 bits per heavy atom. The molecule has 4 rings (SSSR count). The standard InChI is InChI=1S/C21H17N3/c1-2-4-17(5-3-1)18-6-8-19(9-7-18)23-20-10-12-21(13-11-20)24-15-14-22-16-24/h1-16,23H. The largest absolute Gasteiger partial charge is 0.356 e. The first kappa shape index (κ1) is 14.3. The van der Waals surface area contributed by atoms with Gasteiger partial charge in [-0.1, -0.05) is 42.5 Å². The van der Waals surface area contributed by atoms with E-state index in [0.29, 0.717) is 0 Å². The summed E-state index contributed by atoms with van der Waals surface area (Å²) in [4.78, 5) is 4.07. The Balaban J connectivity index is 1.49. The molecule has 0 amide bonds. The highest BCUT2D eigenvalue weighted by Crippen LogP contribution is 2.23. The molecule has 0 atom stereocenters. The topological polar surface area (TPSA) is 29.9 Å². The van der Waals surface area contributed by atoms with Crippen molar-refractivity contribution in [1.82, 2.24) is 9.55 Å². The Morgan fingerprint density at radius 2 is 1.29 bits per heavy atom. The number of hydrogen-bond acceptors (Lipinski definition) is 2. The monoisotopic (exact) mass is 311 g/mol. The van der Waals surface area contributed by atoms with E-state index >= 15 is 0 Å². The van der Waals surface area contributed by atoms with E-state index in [-0.39, 0.29) is 0 Å².